The summed E-state index contributed by atoms with van der Waals surface area (Å²) in [6.45, 7) is 5.11. The summed E-state index contributed by atoms with van der Waals surface area (Å²) in [5.74, 6) is 0.967. The first kappa shape index (κ1) is 11.9. The van der Waals surface area contributed by atoms with E-state index in [9.17, 15) is 0 Å². The summed E-state index contributed by atoms with van der Waals surface area (Å²) >= 11 is 0. The second kappa shape index (κ2) is 5.15. The predicted molar refractivity (Wildman–Crippen MR) is 69.7 cm³/mol. The molecule has 0 aliphatic carbocycles. The van der Waals surface area contributed by atoms with Gasteiger partial charge in [-0.3, -0.25) is 0 Å². The van der Waals surface area contributed by atoms with E-state index in [1.165, 1.54) is 11.1 Å². The van der Waals surface area contributed by atoms with Crippen LogP contribution < -0.4 is 5.73 Å². The number of nitrogens with two attached hydrogens (primary N) is 1. The molecule has 0 saturated carbocycles. The molecule has 2 aromatic rings. The topological polar surface area (TPSA) is 43.8 Å². The van der Waals surface area contributed by atoms with E-state index in [0.29, 0.717) is 0 Å². The van der Waals surface area contributed by atoms with Crippen LogP contribution in [0, 0.1) is 6.92 Å². The lowest BCUT2D eigenvalue weighted by molar-refractivity contribution is 0.600. The van der Waals surface area contributed by atoms with E-state index in [-0.39, 0.29) is 6.04 Å². The number of hydrogen-bond acceptors (Lipinski definition) is 2. The van der Waals surface area contributed by atoms with Crippen LogP contribution in [-0.4, -0.2) is 9.55 Å². The van der Waals surface area contributed by atoms with Gasteiger partial charge in [0, 0.05) is 18.9 Å². The van der Waals surface area contributed by atoms with Crippen LogP contribution in [0.2, 0.25) is 0 Å². The minimum Gasteiger partial charge on any atom is -0.334 e. The maximum Gasteiger partial charge on any atom is 0.125 e. The quantitative estimate of drug-likeness (QED) is 0.875. The molecule has 1 unspecified atom stereocenters. The van der Waals surface area contributed by atoms with Crippen molar-refractivity contribution in [3.8, 4) is 0 Å². The van der Waals surface area contributed by atoms with Gasteiger partial charge in [0.25, 0.3) is 0 Å². The zero-order valence-corrected chi connectivity index (χ0v) is 10.4. The minimum atomic E-state index is -0.0354. The molecular weight excluding hydrogens is 210 g/mol. The van der Waals surface area contributed by atoms with Crippen molar-refractivity contribution in [3.63, 3.8) is 0 Å². The number of nitrogens with zero attached hydrogens (tertiary/aromatic N) is 2. The Kier molecular flexibility index (Phi) is 3.59. The van der Waals surface area contributed by atoms with Crippen LogP contribution in [0.4, 0.5) is 0 Å². The fourth-order valence-electron chi connectivity index (χ4n) is 2.10. The summed E-state index contributed by atoms with van der Waals surface area (Å²) in [6.07, 6.45) is 4.62. The van der Waals surface area contributed by atoms with Gasteiger partial charge >= 0.3 is 0 Å². The molecule has 0 bridgehead atoms. The van der Waals surface area contributed by atoms with Gasteiger partial charge in [-0.25, -0.2) is 4.98 Å². The standard InChI is InChI=1S/C14H19N3/c1-3-17-8-7-16-14(17)13(15)10-12-6-4-5-11(2)9-12/h4-9,13H,3,10,15H2,1-2H3. The number of hydrogen-bond donors (Lipinski definition) is 1. The van der Waals surface area contributed by atoms with E-state index < -0.39 is 0 Å². The summed E-state index contributed by atoms with van der Waals surface area (Å²) in [4.78, 5) is 4.34. The van der Waals surface area contributed by atoms with Crippen LogP contribution in [-0.2, 0) is 13.0 Å². The zero-order chi connectivity index (χ0) is 12.3. The van der Waals surface area contributed by atoms with Gasteiger partial charge < -0.3 is 10.3 Å². The summed E-state index contributed by atoms with van der Waals surface area (Å²) in [5.41, 5.74) is 8.75. The molecule has 90 valence electrons. The highest BCUT2D eigenvalue weighted by Gasteiger charge is 2.12. The number of imidazole rings is 1. The SMILES string of the molecule is CCn1ccnc1C(N)Cc1cccc(C)c1. The maximum absolute atomic E-state index is 6.21. The Balaban J connectivity index is 2.14. The normalized spacial score (nSPS) is 12.6. The maximum atomic E-state index is 6.21. The molecule has 1 aromatic carbocycles. The van der Waals surface area contributed by atoms with Crippen molar-refractivity contribution in [3.05, 3.63) is 53.6 Å². The first-order valence-corrected chi connectivity index (χ1v) is 6.03. The Labute approximate surface area is 102 Å². The average molecular weight is 229 g/mol. The lowest BCUT2D eigenvalue weighted by Crippen LogP contribution is -2.18. The molecule has 3 nitrogen and oxygen atoms in total. The zero-order valence-electron chi connectivity index (χ0n) is 10.4. The Morgan fingerprint density at radius 3 is 2.94 bits per heavy atom. The van der Waals surface area contributed by atoms with Crippen LogP contribution in [0.5, 0.6) is 0 Å². The van der Waals surface area contributed by atoms with Gasteiger partial charge in [-0.05, 0) is 25.8 Å². The summed E-state index contributed by atoms with van der Waals surface area (Å²) < 4.78 is 2.10. The van der Waals surface area contributed by atoms with E-state index >= 15 is 0 Å². The lowest BCUT2D eigenvalue weighted by Gasteiger charge is -2.13. The third-order valence-corrected chi connectivity index (χ3v) is 2.96. The molecule has 2 rings (SSSR count). The van der Waals surface area contributed by atoms with E-state index in [1.807, 2.05) is 12.4 Å². The Hall–Kier alpha value is -1.61. The molecule has 2 N–H and O–H groups in total. The third-order valence-electron chi connectivity index (χ3n) is 2.96. The Morgan fingerprint density at radius 1 is 1.41 bits per heavy atom. The number of aromatic nitrogens is 2. The molecule has 0 spiro atoms. The second-order valence-corrected chi connectivity index (χ2v) is 4.37. The van der Waals surface area contributed by atoms with Gasteiger partial charge in [0.15, 0.2) is 0 Å². The van der Waals surface area contributed by atoms with Gasteiger partial charge in [-0.15, -0.1) is 0 Å². The van der Waals surface area contributed by atoms with Crippen molar-refractivity contribution in [1.29, 1.82) is 0 Å². The monoisotopic (exact) mass is 229 g/mol. The average Bonchev–Trinajstić information content (AvgIpc) is 2.77. The molecule has 17 heavy (non-hydrogen) atoms. The van der Waals surface area contributed by atoms with Crippen molar-refractivity contribution in [2.45, 2.75) is 32.9 Å². The van der Waals surface area contributed by atoms with Crippen LogP contribution in [0.1, 0.15) is 29.9 Å². The van der Waals surface area contributed by atoms with E-state index in [0.717, 1.165) is 18.8 Å². The highest BCUT2D eigenvalue weighted by atomic mass is 15.1. The predicted octanol–water partition coefficient (Wildman–Crippen LogP) is 2.45. The molecule has 1 atom stereocenters. The molecule has 0 aliphatic heterocycles. The van der Waals surface area contributed by atoms with Crippen molar-refractivity contribution >= 4 is 0 Å². The van der Waals surface area contributed by atoms with E-state index in [4.69, 9.17) is 5.73 Å². The van der Waals surface area contributed by atoms with Gasteiger partial charge in [0.05, 0.1) is 6.04 Å². The highest BCUT2D eigenvalue weighted by molar-refractivity contribution is 5.23. The van der Waals surface area contributed by atoms with Crippen LogP contribution in [0.3, 0.4) is 0 Å². The molecular formula is C14H19N3. The number of benzene rings is 1. The molecule has 1 aromatic heterocycles. The first-order valence-electron chi connectivity index (χ1n) is 6.03. The fraction of sp³-hybridized carbons (Fsp3) is 0.357. The van der Waals surface area contributed by atoms with Gasteiger partial charge in [-0.2, -0.15) is 0 Å². The van der Waals surface area contributed by atoms with Crippen molar-refractivity contribution < 1.29 is 0 Å². The largest absolute Gasteiger partial charge is 0.334 e. The van der Waals surface area contributed by atoms with Gasteiger partial charge in [-0.1, -0.05) is 29.8 Å². The summed E-state index contributed by atoms with van der Waals surface area (Å²) in [6, 6.07) is 8.43. The number of aryl methyl sites for hydroxylation is 2. The molecule has 0 aliphatic rings. The molecule has 0 fully saturated rings. The molecule has 0 saturated heterocycles. The third kappa shape index (κ3) is 2.74. The molecule has 3 heteroatoms. The van der Waals surface area contributed by atoms with E-state index in [1.54, 1.807) is 0 Å². The van der Waals surface area contributed by atoms with Gasteiger partial charge in [0.2, 0.25) is 0 Å². The minimum absolute atomic E-state index is 0.0354. The lowest BCUT2D eigenvalue weighted by atomic mass is 10.0. The smallest absolute Gasteiger partial charge is 0.125 e. The second-order valence-electron chi connectivity index (χ2n) is 4.37. The van der Waals surface area contributed by atoms with Crippen molar-refractivity contribution in [1.82, 2.24) is 9.55 Å². The van der Waals surface area contributed by atoms with Crippen LogP contribution >= 0.6 is 0 Å². The Bertz CT molecular complexity index is 488. The molecule has 0 radical (unpaired) electrons. The van der Waals surface area contributed by atoms with Crippen molar-refractivity contribution in [2.24, 2.45) is 5.73 Å². The summed E-state index contributed by atoms with van der Waals surface area (Å²) in [7, 11) is 0. The van der Waals surface area contributed by atoms with Gasteiger partial charge in [0.1, 0.15) is 5.82 Å². The number of rotatable bonds is 4. The van der Waals surface area contributed by atoms with Crippen LogP contribution in [0.25, 0.3) is 0 Å². The summed E-state index contributed by atoms with van der Waals surface area (Å²) in [5, 5.41) is 0. The molecule has 1 heterocycles. The first-order chi connectivity index (χ1) is 8.20. The Morgan fingerprint density at radius 2 is 2.24 bits per heavy atom. The highest BCUT2D eigenvalue weighted by Crippen LogP contribution is 2.15. The van der Waals surface area contributed by atoms with Crippen molar-refractivity contribution in [2.75, 3.05) is 0 Å². The fourth-order valence-corrected chi connectivity index (χ4v) is 2.10. The molecule has 0 amide bonds. The van der Waals surface area contributed by atoms with E-state index in [2.05, 4.69) is 47.7 Å². The van der Waals surface area contributed by atoms with Crippen LogP contribution in [0.15, 0.2) is 36.7 Å².